The van der Waals surface area contributed by atoms with Gasteiger partial charge in [0.25, 0.3) is 0 Å². The first-order chi connectivity index (χ1) is 11.8. The molecule has 2 aromatic carbocycles. The highest BCUT2D eigenvalue weighted by Crippen LogP contribution is 2.37. The minimum Gasteiger partial charge on any atom is -0.500 e. The van der Waals surface area contributed by atoms with E-state index in [1.54, 1.807) is 0 Å². The maximum atomic E-state index is 12.3. The van der Waals surface area contributed by atoms with Crippen molar-refractivity contribution in [3.05, 3.63) is 66.7 Å². The van der Waals surface area contributed by atoms with Crippen molar-refractivity contribution in [2.45, 2.75) is 0 Å². The maximum Gasteiger partial charge on any atom is 0.315 e. The zero-order valence-electron chi connectivity index (χ0n) is 12.6. The van der Waals surface area contributed by atoms with Crippen LogP contribution in [0.2, 0.25) is 15.1 Å². The van der Waals surface area contributed by atoms with Gasteiger partial charge in [0.2, 0.25) is 5.75 Å². The average Bonchev–Trinajstić information content (AvgIpc) is 2.58. The van der Waals surface area contributed by atoms with Crippen LogP contribution in [0.1, 0.15) is 15.9 Å². The van der Waals surface area contributed by atoms with Crippen LogP contribution in [0.3, 0.4) is 0 Å². The zero-order chi connectivity index (χ0) is 18.7. The van der Waals surface area contributed by atoms with Gasteiger partial charge in [0, 0.05) is 11.6 Å². The lowest BCUT2D eigenvalue weighted by Gasteiger charge is -2.06. The van der Waals surface area contributed by atoms with Crippen molar-refractivity contribution in [1.29, 1.82) is 0 Å². The Morgan fingerprint density at radius 2 is 1.92 bits per heavy atom. The first-order valence-electron chi connectivity index (χ1n) is 6.67. The minimum absolute atomic E-state index is 0.0121. The molecule has 0 spiro atoms. The Labute approximate surface area is 157 Å². The van der Waals surface area contributed by atoms with Gasteiger partial charge in [-0.3, -0.25) is 14.9 Å². The lowest BCUT2D eigenvalue weighted by Crippen LogP contribution is -1.97. The predicted octanol–water partition coefficient (Wildman–Crippen LogP) is 5.17. The van der Waals surface area contributed by atoms with Gasteiger partial charge in [0.05, 0.1) is 27.1 Å². The number of phenols is 1. The van der Waals surface area contributed by atoms with Gasteiger partial charge in [-0.2, -0.15) is 0 Å². The second-order valence-corrected chi connectivity index (χ2v) is 5.93. The highest BCUT2D eigenvalue weighted by molar-refractivity contribution is 6.49. The van der Waals surface area contributed by atoms with Crippen molar-refractivity contribution in [1.82, 2.24) is 0 Å². The number of ketones is 1. The second-order valence-electron chi connectivity index (χ2n) is 4.77. The topological polar surface area (TPSA) is 89.7 Å². The number of rotatable bonds is 5. The van der Waals surface area contributed by atoms with Crippen molar-refractivity contribution < 1.29 is 19.6 Å². The molecule has 0 radical (unpaired) electrons. The number of ether oxygens (including phenoxy) is 1. The molecule has 0 heterocycles. The Hall–Kier alpha value is -2.28. The Kier molecular flexibility index (Phi) is 5.89. The summed E-state index contributed by atoms with van der Waals surface area (Å²) < 4.78 is 4.89. The Balaban J connectivity index is 2.39. The Morgan fingerprint density at radius 1 is 1.24 bits per heavy atom. The fourth-order valence-electron chi connectivity index (χ4n) is 1.98. The van der Waals surface area contributed by atoms with Gasteiger partial charge in [-0.1, -0.05) is 40.9 Å². The molecule has 6 nitrogen and oxygen atoms in total. The van der Waals surface area contributed by atoms with Gasteiger partial charge >= 0.3 is 5.69 Å². The number of nitro groups is 1. The number of nitro benzene ring substituents is 1. The quantitative estimate of drug-likeness (QED) is 0.245. The largest absolute Gasteiger partial charge is 0.500 e. The first kappa shape index (κ1) is 19.1. The van der Waals surface area contributed by atoms with Gasteiger partial charge in [-0.05, 0) is 29.8 Å². The molecule has 0 unspecified atom stereocenters. The van der Waals surface area contributed by atoms with Crippen LogP contribution in [0.25, 0.3) is 6.08 Å². The molecule has 2 rings (SSSR count). The van der Waals surface area contributed by atoms with Crippen LogP contribution >= 0.6 is 34.8 Å². The highest BCUT2D eigenvalue weighted by Gasteiger charge is 2.19. The smallest absolute Gasteiger partial charge is 0.315 e. The van der Waals surface area contributed by atoms with E-state index in [9.17, 15) is 20.0 Å². The third-order valence-corrected chi connectivity index (χ3v) is 4.52. The summed E-state index contributed by atoms with van der Waals surface area (Å²) in [4.78, 5) is 22.5. The summed E-state index contributed by atoms with van der Waals surface area (Å²) in [6, 6.07) is 5.31. The van der Waals surface area contributed by atoms with E-state index in [0.717, 1.165) is 6.07 Å². The molecule has 0 amide bonds. The van der Waals surface area contributed by atoms with Crippen molar-refractivity contribution in [2.75, 3.05) is 7.11 Å². The van der Waals surface area contributed by atoms with Crippen LogP contribution in [0.15, 0.2) is 30.3 Å². The summed E-state index contributed by atoms with van der Waals surface area (Å²) in [6.45, 7) is 0. The SMILES string of the molecule is COc1cc(C=CC(=O)c2ccc(Cl)c(Cl)c2Cl)cc([N+](=O)[O-])c1O. The number of hydrogen-bond donors (Lipinski definition) is 1. The second kappa shape index (κ2) is 7.74. The molecule has 1 N–H and O–H groups in total. The number of hydrogen-bond acceptors (Lipinski definition) is 5. The highest BCUT2D eigenvalue weighted by atomic mass is 35.5. The summed E-state index contributed by atoms with van der Waals surface area (Å²) in [5.74, 6) is -1.16. The van der Waals surface area contributed by atoms with Crippen molar-refractivity contribution in [3.63, 3.8) is 0 Å². The van der Waals surface area contributed by atoms with Crippen molar-refractivity contribution in [3.8, 4) is 11.5 Å². The van der Waals surface area contributed by atoms with Crippen LogP contribution in [0.4, 0.5) is 5.69 Å². The molecule has 25 heavy (non-hydrogen) atoms. The molecule has 0 saturated heterocycles. The van der Waals surface area contributed by atoms with Crippen LogP contribution in [0.5, 0.6) is 11.5 Å². The van der Waals surface area contributed by atoms with E-state index in [1.807, 2.05) is 0 Å². The number of nitrogens with zero attached hydrogens (tertiary/aromatic N) is 1. The van der Waals surface area contributed by atoms with Crippen LogP contribution < -0.4 is 4.74 Å². The number of carbonyl (C=O) groups is 1. The normalized spacial score (nSPS) is 10.9. The molecule has 0 aliphatic carbocycles. The Morgan fingerprint density at radius 3 is 2.52 bits per heavy atom. The summed E-state index contributed by atoms with van der Waals surface area (Å²) in [5.41, 5.74) is -0.127. The molecular weight excluding hydrogens is 393 g/mol. The third kappa shape index (κ3) is 4.04. The molecule has 0 bridgehead atoms. The molecule has 0 atom stereocenters. The summed E-state index contributed by atoms with van der Waals surface area (Å²) in [7, 11) is 1.26. The van der Waals surface area contributed by atoms with E-state index in [4.69, 9.17) is 39.5 Å². The van der Waals surface area contributed by atoms with E-state index in [-0.39, 0.29) is 31.9 Å². The van der Waals surface area contributed by atoms with E-state index in [0.29, 0.717) is 0 Å². The molecular formula is C16H10Cl3NO5. The average molecular weight is 403 g/mol. The van der Waals surface area contributed by atoms with Crippen LogP contribution in [-0.4, -0.2) is 22.9 Å². The summed E-state index contributed by atoms with van der Waals surface area (Å²) >= 11 is 17.7. The first-order valence-corrected chi connectivity index (χ1v) is 7.81. The third-order valence-electron chi connectivity index (χ3n) is 3.22. The van der Waals surface area contributed by atoms with E-state index < -0.39 is 22.1 Å². The van der Waals surface area contributed by atoms with Crippen molar-refractivity contribution >= 4 is 52.3 Å². The number of aromatic hydroxyl groups is 1. The molecule has 130 valence electrons. The molecule has 0 saturated carbocycles. The molecule has 0 aliphatic heterocycles. The number of carbonyl (C=O) groups excluding carboxylic acids is 1. The number of phenolic OH excluding ortho intramolecular Hbond substituents is 1. The zero-order valence-corrected chi connectivity index (χ0v) is 14.9. The maximum absolute atomic E-state index is 12.3. The molecule has 0 aliphatic rings. The minimum atomic E-state index is -0.757. The van der Waals surface area contributed by atoms with Gasteiger partial charge in [-0.25, -0.2) is 0 Å². The summed E-state index contributed by atoms with van der Waals surface area (Å²) in [5, 5.41) is 21.0. The van der Waals surface area contributed by atoms with Gasteiger partial charge in [-0.15, -0.1) is 0 Å². The number of methoxy groups -OCH3 is 1. The number of benzene rings is 2. The van der Waals surface area contributed by atoms with Gasteiger partial charge in [0.15, 0.2) is 11.5 Å². The predicted molar refractivity (Wildman–Crippen MR) is 96.1 cm³/mol. The van der Waals surface area contributed by atoms with E-state index in [1.165, 1.54) is 37.5 Å². The van der Waals surface area contributed by atoms with Crippen molar-refractivity contribution in [2.24, 2.45) is 0 Å². The molecule has 0 aromatic heterocycles. The lowest BCUT2D eigenvalue weighted by molar-refractivity contribution is -0.386. The number of allylic oxidation sites excluding steroid dienone is 1. The number of halogens is 3. The lowest BCUT2D eigenvalue weighted by atomic mass is 10.1. The van der Waals surface area contributed by atoms with E-state index >= 15 is 0 Å². The molecule has 2 aromatic rings. The Bertz CT molecular complexity index is 896. The van der Waals surface area contributed by atoms with Gasteiger partial charge < -0.3 is 9.84 Å². The summed E-state index contributed by atoms with van der Waals surface area (Å²) in [6.07, 6.45) is 2.50. The molecule has 0 fully saturated rings. The monoisotopic (exact) mass is 401 g/mol. The van der Waals surface area contributed by atoms with Crippen LogP contribution in [-0.2, 0) is 0 Å². The molecule has 9 heteroatoms. The van der Waals surface area contributed by atoms with Gasteiger partial charge in [0.1, 0.15) is 0 Å². The van der Waals surface area contributed by atoms with E-state index in [2.05, 4.69) is 0 Å². The fourth-order valence-corrected chi connectivity index (χ4v) is 2.61. The fraction of sp³-hybridized carbons (Fsp3) is 0.0625. The standard InChI is InChI=1S/C16H10Cl3NO5/c1-25-13-7-8(6-11(16(13)22)20(23)24)2-5-12(21)9-3-4-10(17)15(19)14(9)18/h2-7,22H,1H3. The van der Waals surface area contributed by atoms with Crippen LogP contribution in [0, 0.1) is 10.1 Å².